The van der Waals surface area contributed by atoms with Crippen molar-refractivity contribution in [2.24, 2.45) is 0 Å². The number of ether oxygens (including phenoxy) is 2. The first kappa shape index (κ1) is 17.5. The van der Waals surface area contributed by atoms with Crippen molar-refractivity contribution in [2.75, 3.05) is 7.11 Å². The van der Waals surface area contributed by atoms with Gasteiger partial charge in [-0.3, -0.25) is 0 Å². The van der Waals surface area contributed by atoms with Crippen LogP contribution in [-0.2, 0) is 11.2 Å². The Morgan fingerprint density at radius 1 is 0.885 bits per heavy atom. The van der Waals surface area contributed by atoms with E-state index in [2.05, 4.69) is 0 Å². The molecule has 3 aromatic carbocycles. The fraction of sp³-hybridized carbons (Fsp3) is 0.136. The summed E-state index contributed by atoms with van der Waals surface area (Å²) >= 11 is 0. The molecule has 1 atom stereocenters. The summed E-state index contributed by atoms with van der Waals surface area (Å²) in [6, 6.07) is 24.8. The number of methoxy groups -OCH3 is 1. The molecule has 0 aromatic heterocycles. The van der Waals surface area contributed by atoms with Gasteiger partial charge in [0, 0.05) is 6.42 Å². The molecule has 0 aliphatic heterocycles. The van der Waals surface area contributed by atoms with Crippen LogP contribution < -0.4 is 9.47 Å². The number of carboxylic acids is 1. The Hall–Kier alpha value is -3.27. The number of para-hydroxylation sites is 1. The molecular weight excluding hydrogens is 328 g/mol. The van der Waals surface area contributed by atoms with E-state index in [1.165, 1.54) is 0 Å². The highest BCUT2D eigenvalue weighted by atomic mass is 16.5. The topological polar surface area (TPSA) is 55.8 Å². The van der Waals surface area contributed by atoms with Crippen LogP contribution in [0.15, 0.2) is 78.9 Å². The van der Waals surface area contributed by atoms with Gasteiger partial charge >= 0.3 is 5.97 Å². The molecule has 132 valence electrons. The number of hydrogen-bond donors (Lipinski definition) is 1. The molecule has 0 amide bonds. The smallest absolute Gasteiger partial charge is 0.345 e. The van der Waals surface area contributed by atoms with Crippen molar-refractivity contribution in [2.45, 2.75) is 12.5 Å². The standard InChI is InChI=1S/C22H20O4/c1-25-20-10-6-5-9-18(20)15-21(22(23)24)26-19-13-11-17(12-14-19)16-7-3-2-4-8-16/h2-14,21H,15H2,1H3,(H,23,24)/t21-/m0/s1. The van der Waals surface area contributed by atoms with Crippen molar-refractivity contribution in [1.82, 2.24) is 0 Å². The molecule has 0 heterocycles. The van der Waals surface area contributed by atoms with E-state index in [1.54, 1.807) is 19.2 Å². The predicted molar refractivity (Wildman–Crippen MR) is 101 cm³/mol. The predicted octanol–water partition coefficient (Wildman–Crippen LogP) is 4.44. The molecule has 0 saturated heterocycles. The van der Waals surface area contributed by atoms with Crippen molar-refractivity contribution in [3.63, 3.8) is 0 Å². The number of hydrogen-bond acceptors (Lipinski definition) is 3. The normalized spacial score (nSPS) is 11.6. The molecule has 0 fully saturated rings. The molecule has 0 aliphatic rings. The number of benzene rings is 3. The Morgan fingerprint density at radius 2 is 1.50 bits per heavy atom. The summed E-state index contributed by atoms with van der Waals surface area (Å²) in [5, 5.41) is 9.53. The van der Waals surface area contributed by atoms with Gasteiger partial charge in [0.1, 0.15) is 11.5 Å². The average molecular weight is 348 g/mol. The largest absolute Gasteiger partial charge is 0.496 e. The molecule has 0 unspecified atom stereocenters. The van der Waals surface area contributed by atoms with Crippen LogP contribution in [0.4, 0.5) is 0 Å². The first-order chi connectivity index (χ1) is 12.7. The number of aliphatic carboxylic acids is 1. The van der Waals surface area contributed by atoms with Crippen LogP contribution in [0, 0.1) is 0 Å². The maximum absolute atomic E-state index is 11.6. The van der Waals surface area contributed by atoms with Crippen molar-refractivity contribution >= 4 is 5.97 Å². The van der Waals surface area contributed by atoms with Crippen LogP contribution >= 0.6 is 0 Å². The lowest BCUT2D eigenvalue weighted by Gasteiger charge is -2.17. The molecule has 0 radical (unpaired) electrons. The highest BCUT2D eigenvalue weighted by molar-refractivity contribution is 5.73. The van der Waals surface area contributed by atoms with Gasteiger partial charge in [0.15, 0.2) is 6.10 Å². The van der Waals surface area contributed by atoms with E-state index in [0.29, 0.717) is 11.5 Å². The van der Waals surface area contributed by atoms with Crippen LogP contribution in [0.25, 0.3) is 11.1 Å². The second-order valence-electron chi connectivity index (χ2n) is 5.85. The molecule has 4 heteroatoms. The first-order valence-corrected chi connectivity index (χ1v) is 8.34. The van der Waals surface area contributed by atoms with Gasteiger partial charge < -0.3 is 14.6 Å². The van der Waals surface area contributed by atoms with E-state index < -0.39 is 12.1 Å². The Kier molecular flexibility index (Phi) is 5.54. The minimum Gasteiger partial charge on any atom is -0.496 e. The highest BCUT2D eigenvalue weighted by Crippen LogP contribution is 2.24. The minimum atomic E-state index is -1.01. The maximum atomic E-state index is 11.6. The molecule has 4 nitrogen and oxygen atoms in total. The molecule has 0 bridgehead atoms. The van der Waals surface area contributed by atoms with E-state index in [0.717, 1.165) is 16.7 Å². The number of carboxylic acid groups (broad SMARTS) is 1. The van der Waals surface area contributed by atoms with Gasteiger partial charge in [-0.2, -0.15) is 0 Å². The van der Waals surface area contributed by atoms with E-state index in [9.17, 15) is 9.90 Å². The van der Waals surface area contributed by atoms with Crippen LogP contribution in [0.5, 0.6) is 11.5 Å². The Labute approximate surface area is 152 Å². The molecule has 3 rings (SSSR count). The zero-order chi connectivity index (χ0) is 18.4. The summed E-state index contributed by atoms with van der Waals surface area (Å²) in [6.45, 7) is 0. The quantitative estimate of drug-likeness (QED) is 0.686. The molecule has 1 N–H and O–H groups in total. The minimum absolute atomic E-state index is 0.222. The monoisotopic (exact) mass is 348 g/mol. The number of rotatable bonds is 7. The summed E-state index contributed by atoms with van der Waals surface area (Å²) < 4.78 is 11.0. The molecule has 3 aromatic rings. The van der Waals surface area contributed by atoms with Crippen LogP contribution in [0.3, 0.4) is 0 Å². The lowest BCUT2D eigenvalue weighted by atomic mass is 10.1. The molecule has 26 heavy (non-hydrogen) atoms. The van der Waals surface area contributed by atoms with Crippen LogP contribution in [-0.4, -0.2) is 24.3 Å². The zero-order valence-corrected chi connectivity index (χ0v) is 14.5. The van der Waals surface area contributed by atoms with Gasteiger partial charge in [-0.05, 0) is 34.9 Å². The Balaban J connectivity index is 1.75. The van der Waals surface area contributed by atoms with Gasteiger partial charge in [0.25, 0.3) is 0 Å². The Bertz CT molecular complexity index is 857. The molecular formula is C22H20O4. The second kappa shape index (κ2) is 8.21. The first-order valence-electron chi connectivity index (χ1n) is 8.34. The van der Waals surface area contributed by atoms with Gasteiger partial charge in [0.05, 0.1) is 7.11 Å². The summed E-state index contributed by atoms with van der Waals surface area (Å²) in [5.41, 5.74) is 2.95. The lowest BCUT2D eigenvalue weighted by Crippen LogP contribution is -2.29. The SMILES string of the molecule is COc1ccccc1C[C@H](Oc1ccc(-c2ccccc2)cc1)C(=O)O. The molecule has 0 spiro atoms. The molecule has 0 saturated carbocycles. The maximum Gasteiger partial charge on any atom is 0.345 e. The van der Waals surface area contributed by atoms with Crippen LogP contribution in [0.2, 0.25) is 0 Å². The Morgan fingerprint density at radius 3 is 2.15 bits per heavy atom. The van der Waals surface area contributed by atoms with Crippen molar-refractivity contribution in [3.05, 3.63) is 84.4 Å². The third-order valence-corrected chi connectivity index (χ3v) is 4.11. The van der Waals surface area contributed by atoms with Gasteiger partial charge in [-0.25, -0.2) is 4.79 Å². The van der Waals surface area contributed by atoms with Crippen LogP contribution in [0.1, 0.15) is 5.56 Å². The molecule has 0 aliphatic carbocycles. The van der Waals surface area contributed by atoms with E-state index >= 15 is 0 Å². The summed E-state index contributed by atoms with van der Waals surface area (Å²) in [5.74, 6) is 0.164. The van der Waals surface area contributed by atoms with E-state index in [1.807, 2.05) is 66.7 Å². The third kappa shape index (κ3) is 4.22. The average Bonchev–Trinajstić information content (AvgIpc) is 2.69. The summed E-state index contributed by atoms with van der Waals surface area (Å²) in [4.78, 5) is 11.6. The van der Waals surface area contributed by atoms with Crippen molar-refractivity contribution in [3.8, 4) is 22.6 Å². The van der Waals surface area contributed by atoms with E-state index in [-0.39, 0.29) is 6.42 Å². The van der Waals surface area contributed by atoms with Crippen molar-refractivity contribution in [1.29, 1.82) is 0 Å². The van der Waals surface area contributed by atoms with Gasteiger partial charge in [0.2, 0.25) is 0 Å². The van der Waals surface area contributed by atoms with Crippen molar-refractivity contribution < 1.29 is 19.4 Å². The fourth-order valence-corrected chi connectivity index (χ4v) is 2.77. The summed E-state index contributed by atoms with van der Waals surface area (Å²) in [6.07, 6.45) is -0.770. The highest BCUT2D eigenvalue weighted by Gasteiger charge is 2.21. The second-order valence-corrected chi connectivity index (χ2v) is 5.85. The fourth-order valence-electron chi connectivity index (χ4n) is 2.77. The van der Waals surface area contributed by atoms with Gasteiger partial charge in [-0.1, -0.05) is 60.7 Å². The third-order valence-electron chi connectivity index (χ3n) is 4.11. The van der Waals surface area contributed by atoms with E-state index in [4.69, 9.17) is 9.47 Å². The van der Waals surface area contributed by atoms with Gasteiger partial charge in [-0.15, -0.1) is 0 Å². The lowest BCUT2D eigenvalue weighted by molar-refractivity contribution is -0.145. The number of carbonyl (C=O) groups is 1. The summed E-state index contributed by atoms with van der Waals surface area (Å²) in [7, 11) is 1.57. The zero-order valence-electron chi connectivity index (χ0n) is 14.5.